The number of alkyl halides is 1. The Bertz CT molecular complexity index is 484. The number of hydrogen-bond donors (Lipinski definition) is 0. The number of aromatic nitrogens is 1. The van der Waals surface area contributed by atoms with Crippen LogP contribution in [0.3, 0.4) is 0 Å². The summed E-state index contributed by atoms with van der Waals surface area (Å²) in [6, 6.07) is 3.12. The molecule has 1 heterocycles. The molecule has 1 aromatic heterocycles. The van der Waals surface area contributed by atoms with Crippen LogP contribution in [-0.2, 0) is 5.88 Å². The van der Waals surface area contributed by atoms with Crippen LogP contribution in [0.25, 0.3) is 11.3 Å². The minimum Gasteiger partial charge on any atom is -0.443 e. The van der Waals surface area contributed by atoms with Gasteiger partial charge in [-0.2, -0.15) is 0 Å². The molecule has 1 aromatic carbocycles. The second-order valence-corrected chi connectivity index (χ2v) is 3.15. The third-order valence-electron chi connectivity index (χ3n) is 1.94. The van der Waals surface area contributed by atoms with Crippen LogP contribution in [0, 0.1) is 11.6 Å². The van der Waals surface area contributed by atoms with E-state index < -0.39 is 11.6 Å². The normalized spacial score (nSPS) is 10.6. The number of nitrogens with zero attached hydrogens (tertiary/aromatic N) is 1. The van der Waals surface area contributed by atoms with Gasteiger partial charge in [-0.3, -0.25) is 0 Å². The van der Waals surface area contributed by atoms with Gasteiger partial charge in [-0.1, -0.05) is 0 Å². The standard InChI is InChI=1S/C10H6ClF2NO/c11-4-9-10(15-5-14-9)7-3-6(12)1-2-8(7)13/h1-3,5H,4H2. The van der Waals surface area contributed by atoms with Gasteiger partial charge in [0, 0.05) is 0 Å². The molecule has 0 aliphatic rings. The van der Waals surface area contributed by atoms with Crippen molar-refractivity contribution >= 4 is 11.6 Å². The summed E-state index contributed by atoms with van der Waals surface area (Å²) in [5.41, 5.74) is 0.421. The van der Waals surface area contributed by atoms with Crippen molar-refractivity contribution in [2.75, 3.05) is 0 Å². The first-order chi connectivity index (χ1) is 7.22. The summed E-state index contributed by atoms with van der Waals surface area (Å²) in [7, 11) is 0. The van der Waals surface area contributed by atoms with Crippen LogP contribution in [0.1, 0.15) is 5.69 Å². The summed E-state index contributed by atoms with van der Waals surface area (Å²) in [5.74, 6) is -0.855. The smallest absolute Gasteiger partial charge is 0.181 e. The third-order valence-corrected chi connectivity index (χ3v) is 2.19. The van der Waals surface area contributed by atoms with E-state index in [1.54, 1.807) is 0 Å². The molecule has 0 aliphatic heterocycles. The van der Waals surface area contributed by atoms with E-state index in [0.717, 1.165) is 24.6 Å². The number of oxazole rings is 1. The van der Waals surface area contributed by atoms with Gasteiger partial charge in [0.15, 0.2) is 12.2 Å². The van der Waals surface area contributed by atoms with Gasteiger partial charge < -0.3 is 4.42 Å². The van der Waals surface area contributed by atoms with Crippen molar-refractivity contribution in [2.24, 2.45) is 0 Å². The van der Waals surface area contributed by atoms with Crippen molar-refractivity contribution < 1.29 is 13.2 Å². The third kappa shape index (κ3) is 1.85. The predicted octanol–water partition coefficient (Wildman–Crippen LogP) is 3.36. The van der Waals surface area contributed by atoms with Gasteiger partial charge >= 0.3 is 0 Å². The molecule has 2 rings (SSSR count). The van der Waals surface area contributed by atoms with E-state index in [-0.39, 0.29) is 17.2 Å². The molecule has 0 aliphatic carbocycles. The first-order valence-electron chi connectivity index (χ1n) is 4.16. The molecule has 0 saturated carbocycles. The van der Waals surface area contributed by atoms with Gasteiger partial charge in [-0.15, -0.1) is 11.6 Å². The maximum atomic E-state index is 13.4. The molecular weight excluding hydrogens is 224 g/mol. The second kappa shape index (κ2) is 3.98. The molecule has 2 aromatic rings. The minimum atomic E-state index is -0.570. The zero-order valence-electron chi connectivity index (χ0n) is 7.51. The molecule has 5 heteroatoms. The molecule has 0 spiro atoms. The summed E-state index contributed by atoms with van der Waals surface area (Å²) in [6.45, 7) is 0. The molecule has 0 saturated heterocycles. The lowest BCUT2D eigenvalue weighted by Crippen LogP contribution is -1.88. The number of halogens is 3. The summed E-state index contributed by atoms with van der Waals surface area (Å²) >= 11 is 5.58. The molecule has 0 bridgehead atoms. The molecule has 0 N–H and O–H groups in total. The molecule has 78 valence electrons. The Balaban J connectivity index is 2.58. The van der Waals surface area contributed by atoms with E-state index in [1.807, 2.05) is 0 Å². The average molecular weight is 230 g/mol. The topological polar surface area (TPSA) is 26.0 Å². The lowest BCUT2D eigenvalue weighted by molar-refractivity contribution is 0.556. The van der Waals surface area contributed by atoms with Crippen molar-refractivity contribution in [1.29, 1.82) is 0 Å². The monoisotopic (exact) mass is 229 g/mol. The Hall–Kier alpha value is -1.42. The zero-order chi connectivity index (χ0) is 10.8. The second-order valence-electron chi connectivity index (χ2n) is 2.89. The van der Waals surface area contributed by atoms with E-state index in [9.17, 15) is 8.78 Å². The minimum absolute atomic E-state index is 0.0307. The van der Waals surface area contributed by atoms with E-state index in [4.69, 9.17) is 16.0 Å². The van der Waals surface area contributed by atoms with E-state index in [0.29, 0.717) is 5.69 Å². The highest BCUT2D eigenvalue weighted by molar-refractivity contribution is 6.17. The first-order valence-corrected chi connectivity index (χ1v) is 4.69. The fourth-order valence-electron chi connectivity index (χ4n) is 1.25. The summed E-state index contributed by atoms with van der Waals surface area (Å²) in [6.07, 6.45) is 1.15. The van der Waals surface area contributed by atoms with Crippen LogP contribution in [0.15, 0.2) is 29.0 Å². The Labute approximate surface area is 89.5 Å². The van der Waals surface area contributed by atoms with Crippen molar-refractivity contribution in [1.82, 2.24) is 4.98 Å². The molecule has 0 amide bonds. The van der Waals surface area contributed by atoms with Gasteiger partial charge in [0.25, 0.3) is 0 Å². The molecule has 0 atom stereocenters. The Morgan fingerprint density at radius 2 is 2.13 bits per heavy atom. The highest BCUT2D eigenvalue weighted by Crippen LogP contribution is 2.27. The Kier molecular flexibility index (Phi) is 2.68. The summed E-state index contributed by atoms with van der Waals surface area (Å²) < 4.78 is 31.2. The highest BCUT2D eigenvalue weighted by atomic mass is 35.5. The largest absolute Gasteiger partial charge is 0.443 e. The average Bonchev–Trinajstić information content (AvgIpc) is 2.69. The fourth-order valence-corrected chi connectivity index (χ4v) is 1.45. The summed E-state index contributed by atoms with van der Waals surface area (Å²) in [5, 5.41) is 0. The predicted molar refractivity (Wildman–Crippen MR) is 51.4 cm³/mol. The zero-order valence-corrected chi connectivity index (χ0v) is 8.26. The fraction of sp³-hybridized carbons (Fsp3) is 0.100. The van der Waals surface area contributed by atoms with Gasteiger partial charge in [0.05, 0.1) is 11.4 Å². The van der Waals surface area contributed by atoms with E-state index in [1.165, 1.54) is 0 Å². The quantitative estimate of drug-likeness (QED) is 0.738. The van der Waals surface area contributed by atoms with E-state index >= 15 is 0 Å². The number of benzene rings is 1. The van der Waals surface area contributed by atoms with Crippen molar-refractivity contribution in [3.8, 4) is 11.3 Å². The highest BCUT2D eigenvalue weighted by Gasteiger charge is 2.14. The molecule has 0 fully saturated rings. The lowest BCUT2D eigenvalue weighted by atomic mass is 10.1. The van der Waals surface area contributed by atoms with Gasteiger partial charge in [0.2, 0.25) is 0 Å². The summed E-state index contributed by atoms with van der Waals surface area (Å²) in [4.78, 5) is 3.79. The van der Waals surface area contributed by atoms with Crippen molar-refractivity contribution in [2.45, 2.75) is 5.88 Å². The van der Waals surface area contributed by atoms with Crippen LogP contribution in [-0.4, -0.2) is 4.98 Å². The lowest BCUT2D eigenvalue weighted by Gasteiger charge is -2.00. The van der Waals surface area contributed by atoms with Gasteiger partial charge in [-0.25, -0.2) is 13.8 Å². The van der Waals surface area contributed by atoms with Crippen molar-refractivity contribution in [3.05, 3.63) is 41.9 Å². The van der Waals surface area contributed by atoms with Crippen LogP contribution in [0.4, 0.5) is 8.78 Å². The van der Waals surface area contributed by atoms with Crippen molar-refractivity contribution in [3.63, 3.8) is 0 Å². The van der Waals surface area contributed by atoms with Gasteiger partial charge in [-0.05, 0) is 18.2 Å². The maximum Gasteiger partial charge on any atom is 0.181 e. The molecule has 15 heavy (non-hydrogen) atoms. The number of rotatable bonds is 2. The molecule has 2 nitrogen and oxygen atoms in total. The molecular formula is C10H6ClF2NO. The van der Waals surface area contributed by atoms with Crippen LogP contribution in [0.5, 0.6) is 0 Å². The SMILES string of the molecule is Fc1ccc(F)c(-c2ocnc2CCl)c1. The number of hydrogen-bond acceptors (Lipinski definition) is 2. The maximum absolute atomic E-state index is 13.4. The molecule has 0 radical (unpaired) electrons. The van der Waals surface area contributed by atoms with Crippen LogP contribution >= 0.6 is 11.6 Å². The van der Waals surface area contributed by atoms with Crippen LogP contribution < -0.4 is 0 Å². The van der Waals surface area contributed by atoms with Gasteiger partial charge in [0.1, 0.15) is 17.3 Å². The Morgan fingerprint density at radius 3 is 2.87 bits per heavy atom. The van der Waals surface area contributed by atoms with E-state index in [2.05, 4.69) is 4.98 Å². The van der Waals surface area contributed by atoms with Crippen LogP contribution in [0.2, 0.25) is 0 Å². The Morgan fingerprint density at radius 1 is 1.33 bits per heavy atom. The first kappa shape index (κ1) is 10.1. The molecule has 0 unspecified atom stereocenters.